The van der Waals surface area contributed by atoms with Gasteiger partial charge in [-0.05, 0) is 45.6 Å². The Morgan fingerprint density at radius 1 is 0.892 bits per heavy atom. The normalized spacial score (nSPS) is 14.9. The molecule has 0 aliphatic heterocycles. The van der Waals surface area contributed by atoms with Crippen LogP contribution in [-0.4, -0.2) is 72.8 Å². The molecule has 1 aromatic carbocycles. The van der Waals surface area contributed by atoms with Crippen molar-refractivity contribution in [1.29, 1.82) is 0 Å². The van der Waals surface area contributed by atoms with Gasteiger partial charge in [0.05, 0.1) is 46.2 Å². The van der Waals surface area contributed by atoms with Gasteiger partial charge in [-0.2, -0.15) is 5.06 Å². The number of aliphatic hydroxyl groups is 2. The van der Waals surface area contributed by atoms with Gasteiger partial charge in [0.1, 0.15) is 11.9 Å². The molecule has 0 radical (unpaired) electrons. The Kier molecular flexibility index (Phi) is 15.5. The van der Waals surface area contributed by atoms with Gasteiger partial charge in [-0.3, -0.25) is 9.40 Å². The van der Waals surface area contributed by atoms with Gasteiger partial charge in [0.25, 0.3) is 0 Å². The van der Waals surface area contributed by atoms with Crippen LogP contribution >= 0.6 is 16.2 Å². The minimum absolute atomic E-state index is 0.0279. The summed E-state index contributed by atoms with van der Waals surface area (Å²) in [5.74, 6) is -0.746. The van der Waals surface area contributed by atoms with E-state index in [1.54, 1.807) is 18.9 Å². The predicted molar refractivity (Wildman–Crippen MR) is 145 cm³/mol. The van der Waals surface area contributed by atoms with E-state index in [0.29, 0.717) is 0 Å². The monoisotopic (exact) mass is 567 g/mol. The van der Waals surface area contributed by atoms with Crippen molar-refractivity contribution < 1.29 is 42.2 Å². The fourth-order valence-electron chi connectivity index (χ4n) is 3.54. The maximum atomic E-state index is 14.2. The van der Waals surface area contributed by atoms with E-state index in [1.165, 1.54) is 0 Å². The summed E-state index contributed by atoms with van der Waals surface area (Å²) in [4.78, 5) is 6.66. The van der Waals surface area contributed by atoms with E-state index in [-0.39, 0.29) is 46.2 Å². The van der Waals surface area contributed by atoms with Crippen LogP contribution in [0.15, 0.2) is 30.3 Å². The molecule has 0 heterocycles. The molecule has 0 saturated heterocycles. The molecule has 0 amide bonds. The topological polar surface area (TPSA) is 116 Å². The average molecular weight is 568 g/mol. The van der Waals surface area contributed by atoms with Crippen LogP contribution in [0.5, 0.6) is 0 Å². The first-order chi connectivity index (χ1) is 17.3. The Labute approximate surface area is 224 Å². The smallest absolute Gasteiger partial charge is 0.350 e. The summed E-state index contributed by atoms with van der Waals surface area (Å²) in [5.41, 5.74) is -0.345. The van der Waals surface area contributed by atoms with Gasteiger partial charge in [0, 0.05) is 5.54 Å². The number of benzene rings is 1. The molecule has 0 aliphatic carbocycles. The third kappa shape index (κ3) is 11.7. The van der Waals surface area contributed by atoms with Crippen molar-refractivity contribution in [2.45, 2.75) is 72.8 Å². The highest BCUT2D eigenvalue weighted by Gasteiger charge is 2.52. The van der Waals surface area contributed by atoms with Crippen molar-refractivity contribution in [2.75, 3.05) is 46.2 Å². The zero-order valence-electron chi connectivity index (χ0n) is 23.6. The summed E-state index contributed by atoms with van der Waals surface area (Å²) in [6.07, 6.45) is -0.637. The minimum atomic E-state index is -3.66. The highest BCUT2D eigenvalue weighted by Crippen LogP contribution is 2.61. The molecule has 1 rings (SSSR count). The third-order valence-electron chi connectivity index (χ3n) is 4.89. The molecule has 12 heteroatoms. The van der Waals surface area contributed by atoms with Gasteiger partial charge in [-0.1, -0.05) is 51.1 Å². The van der Waals surface area contributed by atoms with Gasteiger partial charge in [-0.25, -0.2) is 0 Å². The van der Waals surface area contributed by atoms with Gasteiger partial charge < -0.3 is 32.8 Å². The molecule has 2 unspecified atom stereocenters. The quantitative estimate of drug-likeness (QED) is 0.170. The van der Waals surface area contributed by atoms with E-state index in [9.17, 15) is 4.57 Å². The van der Waals surface area contributed by atoms with Gasteiger partial charge in [0.2, 0.25) is 0 Å². The summed E-state index contributed by atoms with van der Waals surface area (Å²) in [7, 11) is -5.50. The van der Waals surface area contributed by atoms with Crippen LogP contribution in [-0.2, 0) is 32.0 Å². The zero-order chi connectivity index (χ0) is 28.1. The lowest BCUT2D eigenvalue weighted by Crippen LogP contribution is -2.54. The largest absolute Gasteiger partial charge is 0.394 e. The summed E-state index contributed by atoms with van der Waals surface area (Å²) in [5, 5.41) is 20.0. The molecule has 0 bridgehead atoms. The SMILES string of the molecule is CCOP(=O)(OCC)C(N(OC(COP(OCCO)OCCO)c1ccccc1)C(C)(C)C)C(C)(C)C. The molecule has 37 heavy (non-hydrogen) atoms. The van der Waals surface area contributed by atoms with E-state index in [1.807, 2.05) is 71.9 Å². The first-order valence-electron chi connectivity index (χ1n) is 12.6. The fraction of sp³-hybridized carbons (Fsp3) is 0.760. The Balaban J connectivity index is 3.45. The van der Waals surface area contributed by atoms with Gasteiger partial charge in [-0.15, -0.1) is 0 Å². The molecule has 0 spiro atoms. The van der Waals surface area contributed by atoms with E-state index in [0.717, 1.165) is 5.56 Å². The molecule has 2 atom stereocenters. The zero-order valence-corrected chi connectivity index (χ0v) is 25.4. The average Bonchev–Trinajstić information content (AvgIpc) is 2.81. The maximum absolute atomic E-state index is 14.2. The Bertz CT molecular complexity index is 769. The molecule has 10 nitrogen and oxygen atoms in total. The molecule has 0 saturated carbocycles. The van der Waals surface area contributed by atoms with Crippen molar-refractivity contribution in [3.05, 3.63) is 35.9 Å². The van der Waals surface area contributed by atoms with Crippen molar-refractivity contribution in [3.8, 4) is 0 Å². The van der Waals surface area contributed by atoms with E-state index in [2.05, 4.69) is 0 Å². The van der Waals surface area contributed by atoms with Crippen LogP contribution in [0, 0.1) is 5.41 Å². The van der Waals surface area contributed by atoms with E-state index < -0.39 is 39.0 Å². The standard InChI is InChI=1S/C25H47NO9P2/c1-9-33-37(29,34-10-2)23(24(3,4)5)26(25(6,7)8)35-22(21-14-12-11-13-15-21)20-32-36(30-18-16-27)31-19-17-28/h11-15,22-23,27-28H,9-10,16-20H2,1-8H3. The lowest BCUT2D eigenvalue weighted by molar-refractivity contribution is -0.273. The Morgan fingerprint density at radius 3 is 1.81 bits per heavy atom. The van der Waals surface area contributed by atoms with Crippen LogP contribution in [0.4, 0.5) is 0 Å². The van der Waals surface area contributed by atoms with E-state index in [4.69, 9.17) is 37.7 Å². The third-order valence-corrected chi connectivity index (χ3v) is 8.86. The maximum Gasteiger partial charge on any atom is 0.350 e. The molecule has 1 aromatic rings. The van der Waals surface area contributed by atoms with Crippen LogP contribution in [0.25, 0.3) is 0 Å². The highest BCUT2D eigenvalue weighted by molar-refractivity contribution is 7.54. The molecule has 0 aliphatic rings. The molecular formula is C25H47NO9P2. The lowest BCUT2D eigenvalue weighted by atomic mass is 9.94. The second-order valence-corrected chi connectivity index (χ2v) is 13.6. The number of hydrogen-bond donors (Lipinski definition) is 2. The Morgan fingerprint density at radius 2 is 1.41 bits per heavy atom. The molecule has 2 N–H and O–H groups in total. The predicted octanol–water partition coefficient (Wildman–Crippen LogP) is 5.66. The number of aliphatic hydroxyl groups excluding tert-OH is 2. The summed E-state index contributed by atoms with van der Waals surface area (Å²) in [6.45, 7) is 15.6. The van der Waals surface area contributed by atoms with Crippen LogP contribution in [0.3, 0.4) is 0 Å². The summed E-state index contributed by atoms with van der Waals surface area (Å²) >= 11 is 0. The van der Waals surface area contributed by atoms with Gasteiger partial charge in [0.15, 0.2) is 0 Å². The van der Waals surface area contributed by atoms with Crippen LogP contribution in [0.2, 0.25) is 0 Å². The second kappa shape index (κ2) is 16.6. The molecule has 0 aromatic heterocycles. The minimum Gasteiger partial charge on any atom is -0.394 e. The Hall–Kier alpha value is -0.480. The lowest BCUT2D eigenvalue weighted by Gasteiger charge is -2.48. The first-order valence-corrected chi connectivity index (χ1v) is 15.3. The van der Waals surface area contributed by atoms with E-state index >= 15 is 0 Å². The number of hydroxylamine groups is 2. The summed E-state index contributed by atoms with van der Waals surface area (Å²) < 4.78 is 42.7. The fourth-order valence-corrected chi connectivity index (χ4v) is 7.16. The number of hydrogen-bond acceptors (Lipinski definition) is 10. The molecule has 216 valence electrons. The highest BCUT2D eigenvalue weighted by atomic mass is 31.2. The van der Waals surface area contributed by atoms with Gasteiger partial charge >= 0.3 is 16.2 Å². The first kappa shape index (κ1) is 34.5. The molecular weight excluding hydrogens is 520 g/mol. The van der Waals surface area contributed by atoms with Crippen LogP contribution in [0.1, 0.15) is 67.1 Å². The number of rotatable bonds is 18. The van der Waals surface area contributed by atoms with Crippen molar-refractivity contribution >= 4 is 16.2 Å². The van der Waals surface area contributed by atoms with Crippen molar-refractivity contribution in [2.24, 2.45) is 5.41 Å². The van der Waals surface area contributed by atoms with Crippen LogP contribution < -0.4 is 0 Å². The van der Waals surface area contributed by atoms with Crippen molar-refractivity contribution in [3.63, 3.8) is 0 Å². The molecule has 0 fully saturated rings. The van der Waals surface area contributed by atoms with Crippen molar-refractivity contribution in [1.82, 2.24) is 5.06 Å². The summed E-state index contributed by atoms with van der Waals surface area (Å²) in [6, 6.07) is 9.52. The number of nitrogens with zero attached hydrogens (tertiary/aromatic N) is 1. The second-order valence-electron chi connectivity index (χ2n) is 10.2.